The minimum Gasteiger partial charge on any atom is -0.376 e. The number of carbonyl (C=O) groups is 2. The van der Waals surface area contributed by atoms with E-state index in [-0.39, 0.29) is 25.0 Å². The zero-order valence-electron chi connectivity index (χ0n) is 15.7. The van der Waals surface area contributed by atoms with Crippen LogP contribution in [0.3, 0.4) is 0 Å². The van der Waals surface area contributed by atoms with Gasteiger partial charge in [-0.3, -0.25) is 9.59 Å². The van der Waals surface area contributed by atoms with Crippen LogP contribution in [0.15, 0.2) is 42.5 Å². The van der Waals surface area contributed by atoms with Crippen molar-refractivity contribution in [2.45, 2.75) is 5.54 Å². The molecule has 2 aromatic rings. The number of piperazine rings is 1. The van der Waals surface area contributed by atoms with Crippen LogP contribution < -0.4 is 5.73 Å². The lowest BCUT2D eigenvalue weighted by Crippen LogP contribution is -2.68. The Bertz CT molecular complexity index is 939. The number of rotatable bonds is 3. The van der Waals surface area contributed by atoms with Crippen molar-refractivity contribution in [2.24, 2.45) is 5.73 Å². The van der Waals surface area contributed by atoms with Crippen molar-refractivity contribution >= 4 is 23.4 Å². The average Bonchev–Trinajstić information content (AvgIpc) is 2.71. The van der Waals surface area contributed by atoms with E-state index in [2.05, 4.69) is 0 Å². The van der Waals surface area contributed by atoms with E-state index in [0.29, 0.717) is 47.9 Å². The number of amides is 2. The minimum absolute atomic E-state index is 0.116. The Morgan fingerprint density at radius 3 is 2.17 bits per heavy atom. The van der Waals surface area contributed by atoms with E-state index in [1.54, 1.807) is 46.2 Å². The van der Waals surface area contributed by atoms with E-state index in [9.17, 15) is 14.0 Å². The van der Waals surface area contributed by atoms with E-state index in [1.807, 2.05) is 0 Å². The summed E-state index contributed by atoms with van der Waals surface area (Å²) in [6.07, 6.45) is 0. The number of hydrogen-bond donors (Lipinski definition) is 1. The molecular formula is C21H21ClFN3O3. The van der Waals surface area contributed by atoms with Gasteiger partial charge in [0.2, 0.25) is 5.91 Å². The summed E-state index contributed by atoms with van der Waals surface area (Å²) in [5, 5.41) is 0.334. The number of halogens is 2. The average molecular weight is 418 g/mol. The second-order valence-corrected chi connectivity index (χ2v) is 7.87. The third kappa shape index (κ3) is 3.85. The highest BCUT2D eigenvalue weighted by molar-refractivity contribution is 6.30. The third-order valence-corrected chi connectivity index (χ3v) is 5.61. The van der Waals surface area contributed by atoms with E-state index >= 15 is 0 Å². The summed E-state index contributed by atoms with van der Waals surface area (Å²) in [6, 6.07) is 11.3. The molecule has 29 heavy (non-hydrogen) atoms. The van der Waals surface area contributed by atoms with Gasteiger partial charge in [-0.05, 0) is 35.9 Å². The van der Waals surface area contributed by atoms with Crippen molar-refractivity contribution in [1.29, 1.82) is 0 Å². The van der Waals surface area contributed by atoms with Crippen LogP contribution in [-0.2, 0) is 9.53 Å². The summed E-state index contributed by atoms with van der Waals surface area (Å²) in [4.78, 5) is 28.6. The van der Waals surface area contributed by atoms with Gasteiger partial charge in [-0.1, -0.05) is 23.7 Å². The second-order valence-electron chi connectivity index (χ2n) is 7.43. The number of carbonyl (C=O) groups excluding carboxylic acids is 2. The maximum Gasteiger partial charge on any atom is 0.253 e. The van der Waals surface area contributed by atoms with Crippen molar-refractivity contribution in [2.75, 3.05) is 39.4 Å². The topological polar surface area (TPSA) is 75.9 Å². The predicted molar refractivity (Wildman–Crippen MR) is 107 cm³/mol. The Morgan fingerprint density at radius 2 is 1.62 bits per heavy atom. The summed E-state index contributed by atoms with van der Waals surface area (Å²) in [7, 11) is 0. The highest BCUT2D eigenvalue weighted by Gasteiger charge is 2.45. The Hall–Kier alpha value is -2.48. The van der Waals surface area contributed by atoms with Crippen molar-refractivity contribution in [3.63, 3.8) is 0 Å². The van der Waals surface area contributed by atoms with Gasteiger partial charge in [0.1, 0.15) is 11.4 Å². The number of hydrogen-bond acceptors (Lipinski definition) is 4. The molecule has 0 atom stereocenters. The van der Waals surface area contributed by atoms with Gasteiger partial charge in [-0.25, -0.2) is 4.39 Å². The Kier molecular flexibility index (Phi) is 5.29. The molecule has 0 aromatic heterocycles. The molecule has 0 bridgehead atoms. The van der Waals surface area contributed by atoms with Crippen molar-refractivity contribution in [3.05, 3.63) is 58.9 Å². The van der Waals surface area contributed by atoms with E-state index < -0.39 is 11.4 Å². The molecule has 2 amide bonds. The van der Waals surface area contributed by atoms with Gasteiger partial charge in [0.15, 0.2) is 0 Å². The van der Waals surface area contributed by atoms with Crippen molar-refractivity contribution in [3.8, 4) is 11.1 Å². The first-order valence-corrected chi connectivity index (χ1v) is 9.76. The largest absolute Gasteiger partial charge is 0.376 e. The van der Waals surface area contributed by atoms with Gasteiger partial charge >= 0.3 is 0 Å². The van der Waals surface area contributed by atoms with Crippen molar-refractivity contribution < 1.29 is 18.7 Å². The quantitative estimate of drug-likeness (QED) is 0.830. The normalized spacial score (nSPS) is 18.3. The first-order chi connectivity index (χ1) is 13.9. The smallest absolute Gasteiger partial charge is 0.253 e. The molecule has 6 nitrogen and oxygen atoms in total. The lowest BCUT2D eigenvalue weighted by Gasteiger charge is -2.43. The van der Waals surface area contributed by atoms with Crippen LogP contribution in [0.2, 0.25) is 5.02 Å². The van der Waals surface area contributed by atoms with Crippen LogP contribution in [0.1, 0.15) is 10.4 Å². The monoisotopic (exact) mass is 417 g/mol. The summed E-state index contributed by atoms with van der Waals surface area (Å²) < 4.78 is 19.1. The van der Waals surface area contributed by atoms with Gasteiger partial charge in [0.05, 0.1) is 13.2 Å². The Morgan fingerprint density at radius 1 is 1.00 bits per heavy atom. The van der Waals surface area contributed by atoms with Crippen LogP contribution in [0.25, 0.3) is 11.1 Å². The predicted octanol–water partition coefficient (Wildman–Crippen LogP) is 2.16. The third-order valence-electron chi connectivity index (χ3n) is 5.37. The second kappa shape index (κ2) is 7.74. The molecular weight excluding hydrogens is 397 g/mol. The molecule has 152 valence electrons. The first-order valence-electron chi connectivity index (χ1n) is 9.38. The summed E-state index contributed by atoms with van der Waals surface area (Å²) in [5.41, 5.74) is 6.71. The molecule has 0 unspecified atom stereocenters. The Balaban J connectivity index is 1.39. The van der Waals surface area contributed by atoms with Crippen LogP contribution >= 0.6 is 11.6 Å². The zero-order valence-corrected chi connectivity index (χ0v) is 16.5. The maximum absolute atomic E-state index is 14.1. The van der Waals surface area contributed by atoms with Crippen LogP contribution in [0.5, 0.6) is 0 Å². The van der Waals surface area contributed by atoms with E-state index in [4.69, 9.17) is 22.1 Å². The number of ether oxygens (including phenoxy) is 1. The fraction of sp³-hybridized carbons (Fsp3) is 0.333. The van der Waals surface area contributed by atoms with Gasteiger partial charge in [-0.15, -0.1) is 0 Å². The molecule has 4 rings (SSSR count). The lowest BCUT2D eigenvalue weighted by atomic mass is 9.96. The SMILES string of the molecule is NC1(C(=O)N2CCN(C(=O)c3ccc(-c4ccc(Cl)cc4F)cc3)CC2)COC1. The molecule has 2 aliphatic heterocycles. The van der Waals surface area contributed by atoms with Crippen molar-refractivity contribution in [1.82, 2.24) is 9.80 Å². The highest BCUT2D eigenvalue weighted by Crippen LogP contribution is 2.26. The molecule has 2 N–H and O–H groups in total. The zero-order chi connectivity index (χ0) is 20.6. The molecule has 8 heteroatoms. The Labute approximate surface area is 173 Å². The number of nitrogens with zero attached hydrogens (tertiary/aromatic N) is 2. The molecule has 0 saturated carbocycles. The minimum atomic E-state index is -0.918. The fourth-order valence-electron chi connectivity index (χ4n) is 3.57. The van der Waals surface area contributed by atoms with Gasteiger partial charge in [-0.2, -0.15) is 0 Å². The summed E-state index contributed by atoms with van der Waals surface area (Å²) in [6.45, 7) is 2.25. The van der Waals surface area contributed by atoms with Gasteiger partial charge in [0.25, 0.3) is 5.91 Å². The number of benzene rings is 2. The van der Waals surface area contributed by atoms with Crippen LogP contribution in [0, 0.1) is 5.82 Å². The molecule has 2 fully saturated rings. The molecule has 0 spiro atoms. The highest BCUT2D eigenvalue weighted by atomic mass is 35.5. The molecule has 2 aliphatic rings. The first kappa shape index (κ1) is 19.8. The lowest BCUT2D eigenvalue weighted by molar-refractivity contribution is -0.155. The molecule has 0 radical (unpaired) electrons. The molecule has 2 aromatic carbocycles. The standard InChI is InChI=1S/C21H21ClFN3O3/c22-16-5-6-17(18(23)11-16)14-1-3-15(4-2-14)19(27)25-7-9-26(10-8-25)20(28)21(24)12-29-13-21/h1-6,11H,7-10,12-13,24H2. The summed E-state index contributed by atoms with van der Waals surface area (Å²) in [5.74, 6) is -0.647. The molecule has 2 heterocycles. The van der Waals surface area contributed by atoms with E-state index in [0.717, 1.165) is 0 Å². The van der Waals surface area contributed by atoms with E-state index in [1.165, 1.54) is 6.07 Å². The van der Waals surface area contributed by atoms with Gasteiger partial charge < -0.3 is 20.3 Å². The van der Waals surface area contributed by atoms with Crippen LogP contribution in [-0.4, -0.2) is 66.5 Å². The summed E-state index contributed by atoms with van der Waals surface area (Å²) >= 11 is 5.80. The maximum atomic E-state index is 14.1. The molecule has 2 saturated heterocycles. The fourth-order valence-corrected chi connectivity index (χ4v) is 3.73. The molecule has 0 aliphatic carbocycles. The number of nitrogens with two attached hydrogens (primary N) is 1. The van der Waals surface area contributed by atoms with Gasteiger partial charge in [0, 0.05) is 42.3 Å². The van der Waals surface area contributed by atoms with Crippen LogP contribution in [0.4, 0.5) is 4.39 Å².